The quantitative estimate of drug-likeness (QED) is 0.881. The Bertz CT molecular complexity index is 669. The van der Waals surface area contributed by atoms with Crippen molar-refractivity contribution in [3.63, 3.8) is 0 Å². The summed E-state index contributed by atoms with van der Waals surface area (Å²) >= 11 is 0. The second-order valence-corrected chi connectivity index (χ2v) is 5.22. The Balaban J connectivity index is 1.96. The Morgan fingerprint density at radius 2 is 1.81 bits per heavy atom. The van der Waals surface area contributed by atoms with Crippen molar-refractivity contribution in [2.75, 3.05) is 4.90 Å². The van der Waals surface area contributed by atoms with Gasteiger partial charge in [-0.1, -0.05) is 37.3 Å². The van der Waals surface area contributed by atoms with E-state index in [9.17, 15) is 9.18 Å². The molecule has 0 aliphatic carbocycles. The van der Waals surface area contributed by atoms with Gasteiger partial charge in [0.05, 0.1) is 6.04 Å². The molecule has 0 aromatic heterocycles. The molecule has 1 saturated heterocycles. The molecule has 2 aromatic carbocycles. The van der Waals surface area contributed by atoms with Gasteiger partial charge in [-0.15, -0.1) is 0 Å². The predicted octanol–water partition coefficient (Wildman–Crippen LogP) is 2.80. The highest BCUT2D eigenvalue weighted by molar-refractivity contribution is 6.05. The van der Waals surface area contributed by atoms with Crippen LogP contribution in [0, 0.1) is 5.82 Å². The normalized spacial score (nSPS) is 21.3. The van der Waals surface area contributed by atoms with Gasteiger partial charge in [0.15, 0.2) is 0 Å². The number of anilines is 1. The van der Waals surface area contributed by atoms with Gasteiger partial charge in [-0.05, 0) is 30.2 Å². The number of carbonyl (C=O) groups is 1. The lowest BCUT2D eigenvalue weighted by Crippen LogP contribution is -2.63. The number of β-lactam (4-membered cyclic amide) rings is 1. The van der Waals surface area contributed by atoms with E-state index in [1.807, 2.05) is 24.3 Å². The Hall–Kier alpha value is -2.20. The number of halogens is 1. The maximum Gasteiger partial charge on any atom is 0.247 e. The number of hydrogen-bond acceptors (Lipinski definition) is 2. The maximum atomic E-state index is 14.0. The van der Waals surface area contributed by atoms with E-state index in [4.69, 9.17) is 5.73 Å². The van der Waals surface area contributed by atoms with Crippen LogP contribution in [-0.4, -0.2) is 11.9 Å². The summed E-state index contributed by atoms with van der Waals surface area (Å²) in [5.41, 5.74) is 8.30. The van der Waals surface area contributed by atoms with Gasteiger partial charge in [0, 0.05) is 11.3 Å². The van der Waals surface area contributed by atoms with Crippen LogP contribution in [0.1, 0.15) is 24.1 Å². The molecule has 3 rings (SSSR count). The molecule has 2 atom stereocenters. The van der Waals surface area contributed by atoms with Crippen LogP contribution in [0.5, 0.6) is 0 Å². The third-order valence-corrected chi connectivity index (χ3v) is 3.99. The largest absolute Gasteiger partial charge is 0.318 e. The highest BCUT2D eigenvalue weighted by atomic mass is 19.1. The molecule has 1 aliphatic rings. The van der Waals surface area contributed by atoms with E-state index in [0.29, 0.717) is 5.56 Å². The second-order valence-electron chi connectivity index (χ2n) is 5.22. The van der Waals surface area contributed by atoms with Crippen molar-refractivity contribution in [3.8, 4) is 0 Å². The summed E-state index contributed by atoms with van der Waals surface area (Å²) in [5.74, 6) is -0.506. The van der Waals surface area contributed by atoms with Gasteiger partial charge in [0.2, 0.25) is 5.91 Å². The molecule has 0 radical (unpaired) electrons. The summed E-state index contributed by atoms with van der Waals surface area (Å²) in [6.07, 6.45) is 0.935. The zero-order valence-corrected chi connectivity index (χ0v) is 11.8. The van der Waals surface area contributed by atoms with Crippen molar-refractivity contribution < 1.29 is 9.18 Å². The molecule has 0 saturated carbocycles. The van der Waals surface area contributed by atoms with Crippen LogP contribution in [0.3, 0.4) is 0 Å². The number of carbonyl (C=O) groups excluding carboxylic acids is 1. The standard InChI is InChI=1S/C17H17FN2O/c1-2-11-7-9-12(10-8-11)20-16(15(19)17(20)21)13-5-3-4-6-14(13)18/h3-10,15-16H,2,19H2,1H3. The summed E-state index contributed by atoms with van der Waals surface area (Å²) in [5, 5.41) is 0. The fourth-order valence-corrected chi connectivity index (χ4v) is 2.74. The molecule has 1 amide bonds. The van der Waals surface area contributed by atoms with Crippen LogP contribution >= 0.6 is 0 Å². The molecule has 2 N–H and O–H groups in total. The van der Waals surface area contributed by atoms with Gasteiger partial charge in [0.25, 0.3) is 0 Å². The molecule has 0 bridgehead atoms. The summed E-state index contributed by atoms with van der Waals surface area (Å²) in [4.78, 5) is 13.7. The summed E-state index contributed by atoms with van der Waals surface area (Å²) in [6.45, 7) is 2.07. The molecule has 21 heavy (non-hydrogen) atoms. The van der Waals surface area contributed by atoms with E-state index in [1.54, 1.807) is 23.1 Å². The van der Waals surface area contributed by atoms with Gasteiger partial charge in [-0.25, -0.2) is 4.39 Å². The van der Waals surface area contributed by atoms with Crippen LogP contribution in [0.4, 0.5) is 10.1 Å². The predicted molar refractivity (Wildman–Crippen MR) is 80.4 cm³/mol. The van der Waals surface area contributed by atoms with Crippen molar-refractivity contribution >= 4 is 11.6 Å². The highest BCUT2D eigenvalue weighted by Gasteiger charge is 2.47. The van der Waals surface area contributed by atoms with Gasteiger partial charge in [-0.3, -0.25) is 4.79 Å². The molecule has 1 aliphatic heterocycles. The van der Waals surface area contributed by atoms with Crippen molar-refractivity contribution in [1.82, 2.24) is 0 Å². The monoisotopic (exact) mass is 284 g/mol. The molecule has 3 nitrogen and oxygen atoms in total. The zero-order chi connectivity index (χ0) is 15.0. The molecular formula is C17H17FN2O. The van der Waals surface area contributed by atoms with E-state index in [2.05, 4.69) is 6.92 Å². The van der Waals surface area contributed by atoms with Crippen LogP contribution in [0.25, 0.3) is 0 Å². The average molecular weight is 284 g/mol. The minimum absolute atomic E-state index is 0.174. The van der Waals surface area contributed by atoms with E-state index in [1.165, 1.54) is 11.6 Å². The van der Waals surface area contributed by atoms with Crippen molar-refractivity contribution in [3.05, 3.63) is 65.5 Å². The van der Waals surface area contributed by atoms with Crippen LogP contribution in [0.2, 0.25) is 0 Å². The minimum atomic E-state index is -0.687. The molecular weight excluding hydrogens is 267 g/mol. The van der Waals surface area contributed by atoms with E-state index in [-0.39, 0.29) is 11.7 Å². The summed E-state index contributed by atoms with van der Waals surface area (Å²) in [7, 11) is 0. The topological polar surface area (TPSA) is 46.3 Å². The maximum absolute atomic E-state index is 14.0. The smallest absolute Gasteiger partial charge is 0.247 e. The molecule has 2 unspecified atom stereocenters. The SMILES string of the molecule is CCc1ccc(N2C(=O)C(N)C2c2ccccc2F)cc1. The molecule has 108 valence electrons. The fourth-order valence-electron chi connectivity index (χ4n) is 2.74. The lowest BCUT2D eigenvalue weighted by atomic mass is 9.88. The van der Waals surface area contributed by atoms with Gasteiger partial charge >= 0.3 is 0 Å². The minimum Gasteiger partial charge on any atom is -0.318 e. The van der Waals surface area contributed by atoms with E-state index < -0.39 is 12.1 Å². The summed E-state index contributed by atoms with van der Waals surface area (Å²) < 4.78 is 14.0. The number of rotatable bonds is 3. The van der Waals surface area contributed by atoms with Crippen LogP contribution in [-0.2, 0) is 11.2 Å². The number of aryl methyl sites for hydroxylation is 1. The average Bonchev–Trinajstić information content (AvgIpc) is 2.53. The third kappa shape index (κ3) is 2.21. The van der Waals surface area contributed by atoms with Crippen LogP contribution in [0.15, 0.2) is 48.5 Å². The lowest BCUT2D eigenvalue weighted by molar-refractivity contribution is -0.126. The lowest BCUT2D eigenvalue weighted by Gasteiger charge is -2.45. The first-order valence-electron chi connectivity index (χ1n) is 7.05. The number of amides is 1. The van der Waals surface area contributed by atoms with E-state index >= 15 is 0 Å². The number of nitrogens with two attached hydrogens (primary N) is 1. The molecule has 2 aromatic rings. The van der Waals surface area contributed by atoms with Crippen molar-refractivity contribution in [1.29, 1.82) is 0 Å². The van der Waals surface area contributed by atoms with Gasteiger partial charge in [-0.2, -0.15) is 0 Å². The Morgan fingerprint density at radius 3 is 2.43 bits per heavy atom. The Kier molecular flexibility index (Phi) is 3.47. The molecule has 1 heterocycles. The molecule has 4 heteroatoms. The fraction of sp³-hybridized carbons (Fsp3) is 0.235. The first-order chi connectivity index (χ1) is 10.1. The number of hydrogen-bond donors (Lipinski definition) is 1. The Labute approximate surface area is 123 Å². The van der Waals surface area contributed by atoms with Crippen LogP contribution < -0.4 is 10.6 Å². The number of benzene rings is 2. The van der Waals surface area contributed by atoms with Crippen molar-refractivity contribution in [2.45, 2.75) is 25.4 Å². The van der Waals surface area contributed by atoms with Gasteiger partial charge < -0.3 is 10.6 Å². The van der Waals surface area contributed by atoms with E-state index in [0.717, 1.165) is 12.1 Å². The van der Waals surface area contributed by atoms with Crippen molar-refractivity contribution in [2.24, 2.45) is 5.73 Å². The second kappa shape index (κ2) is 5.30. The number of nitrogens with zero attached hydrogens (tertiary/aromatic N) is 1. The molecule has 1 fully saturated rings. The Morgan fingerprint density at radius 1 is 1.14 bits per heavy atom. The van der Waals surface area contributed by atoms with Gasteiger partial charge in [0.1, 0.15) is 11.9 Å². The zero-order valence-electron chi connectivity index (χ0n) is 11.8. The first-order valence-corrected chi connectivity index (χ1v) is 7.05. The third-order valence-electron chi connectivity index (χ3n) is 3.99. The first kappa shape index (κ1) is 13.8. The summed E-state index contributed by atoms with van der Waals surface area (Å²) in [6, 6.07) is 13.1. The highest BCUT2D eigenvalue weighted by Crippen LogP contribution is 2.39. The molecule has 0 spiro atoms.